The number of halogens is 2. The van der Waals surface area contributed by atoms with Crippen molar-refractivity contribution < 1.29 is 45.4 Å². The van der Waals surface area contributed by atoms with E-state index in [2.05, 4.69) is 4.28 Å². The molecule has 33 heavy (non-hydrogen) atoms. The first-order valence-corrected chi connectivity index (χ1v) is 12.5. The number of hydrogen-bond donors (Lipinski definition) is 0. The Balaban J connectivity index is 1.20. The molecule has 6 fully saturated rings. The molecule has 5 saturated carbocycles. The predicted octanol–water partition coefficient (Wildman–Crippen LogP) is 1.34. The van der Waals surface area contributed by atoms with Crippen LogP contribution in [0, 0.1) is 41.4 Å². The van der Waals surface area contributed by atoms with Crippen LogP contribution in [0.15, 0.2) is 12.2 Å². The average Bonchev–Trinajstić information content (AvgIpc) is 3.41. The number of imide groups is 1. The zero-order valence-electron chi connectivity index (χ0n) is 17.3. The molecular weight excluding hydrogens is 464 g/mol. The summed E-state index contributed by atoms with van der Waals surface area (Å²) >= 11 is 0. The van der Waals surface area contributed by atoms with Gasteiger partial charge in [0.2, 0.25) is 0 Å². The van der Waals surface area contributed by atoms with Gasteiger partial charge in [-0.15, -0.1) is 9.35 Å². The highest BCUT2D eigenvalue weighted by Gasteiger charge is 2.66. The molecule has 7 rings (SSSR count). The van der Waals surface area contributed by atoms with Gasteiger partial charge in [-0.2, -0.15) is 17.2 Å². The number of carbonyl (C=O) groups excluding carboxylic acids is 4. The van der Waals surface area contributed by atoms with E-state index in [0.717, 1.165) is 0 Å². The zero-order valence-corrected chi connectivity index (χ0v) is 18.1. The normalized spacial score (nSPS) is 43.0. The largest absolute Gasteiger partial charge is 0.468 e. The van der Waals surface area contributed by atoms with E-state index in [4.69, 9.17) is 4.74 Å². The molecule has 12 heteroatoms. The highest BCUT2D eigenvalue weighted by molar-refractivity contribution is 7.88. The SMILES string of the molecule is O=C1C2CC3CC1CC(OC(=O)C(F)(F)S(=O)(=O)ON1C(=O)C4C5C=CC(C5)C4C1=O)(C3)C2. The van der Waals surface area contributed by atoms with E-state index in [9.17, 15) is 36.4 Å². The molecule has 6 aliphatic carbocycles. The third-order valence-corrected chi connectivity index (χ3v) is 9.54. The van der Waals surface area contributed by atoms with E-state index in [1.54, 1.807) is 12.2 Å². The number of ether oxygens (including phenoxy) is 1. The smallest absolute Gasteiger partial charge is 0.454 e. The third kappa shape index (κ3) is 2.79. The Morgan fingerprint density at radius 1 is 0.970 bits per heavy atom. The number of alkyl halides is 2. The van der Waals surface area contributed by atoms with Crippen molar-refractivity contribution in [1.29, 1.82) is 0 Å². The lowest BCUT2D eigenvalue weighted by molar-refractivity contribution is -0.203. The van der Waals surface area contributed by atoms with Crippen LogP contribution < -0.4 is 0 Å². The maximum absolute atomic E-state index is 14.8. The van der Waals surface area contributed by atoms with Crippen molar-refractivity contribution in [2.75, 3.05) is 0 Å². The number of nitrogens with zero attached hydrogens (tertiary/aromatic N) is 1. The minimum Gasteiger partial charge on any atom is -0.454 e. The first kappa shape index (κ1) is 21.3. The monoisotopic (exact) mass is 485 g/mol. The van der Waals surface area contributed by atoms with Gasteiger partial charge in [0.25, 0.3) is 11.8 Å². The van der Waals surface area contributed by atoms with Crippen molar-refractivity contribution in [2.45, 2.75) is 49.4 Å². The number of esters is 1. The van der Waals surface area contributed by atoms with E-state index in [-0.39, 0.29) is 59.7 Å². The van der Waals surface area contributed by atoms with E-state index < -0.39 is 50.6 Å². The van der Waals surface area contributed by atoms with Crippen molar-refractivity contribution in [3.05, 3.63) is 12.2 Å². The number of Topliss-reactive ketones (excluding diaryl/α,β-unsaturated/α-hetero) is 1. The van der Waals surface area contributed by atoms with Crippen LogP contribution in [0.2, 0.25) is 0 Å². The van der Waals surface area contributed by atoms with Gasteiger partial charge in [-0.05, 0) is 56.3 Å². The summed E-state index contributed by atoms with van der Waals surface area (Å²) in [6.45, 7) is 0. The minimum atomic E-state index is -6.06. The fourth-order valence-corrected chi connectivity index (χ4v) is 7.93. The van der Waals surface area contributed by atoms with Gasteiger partial charge in [0, 0.05) is 11.8 Å². The molecule has 6 atom stereocenters. The maximum Gasteiger partial charge on any atom is 0.468 e. The van der Waals surface area contributed by atoms with Crippen molar-refractivity contribution in [2.24, 2.45) is 41.4 Å². The van der Waals surface area contributed by atoms with Gasteiger partial charge in [-0.25, -0.2) is 4.79 Å². The van der Waals surface area contributed by atoms with Crippen LogP contribution in [0.3, 0.4) is 0 Å². The number of ketones is 1. The third-order valence-electron chi connectivity index (χ3n) is 8.40. The number of hydroxylamine groups is 2. The summed E-state index contributed by atoms with van der Waals surface area (Å²) in [6.07, 6.45) is 5.75. The Bertz CT molecular complexity index is 1090. The minimum absolute atomic E-state index is 0.0420. The molecule has 6 unspecified atom stereocenters. The van der Waals surface area contributed by atoms with E-state index in [1.165, 1.54) is 0 Å². The van der Waals surface area contributed by atoms with Gasteiger partial charge in [0.15, 0.2) is 0 Å². The van der Waals surface area contributed by atoms with Gasteiger partial charge in [0.1, 0.15) is 11.4 Å². The van der Waals surface area contributed by atoms with E-state index in [1.807, 2.05) is 0 Å². The molecule has 1 heterocycles. The molecule has 178 valence electrons. The van der Waals surface area contributed by atoms with Crippen LogP contribution in [0.5, 0.6) is 0 Å². The average molecular weight is 485 g/mol. The molecule has 7 aliphatic rings. The van der Waals surface area contributed by atoms with Gasteiger partial charge in [0.05, 0.1) is 11.8 Å². The molecule has 6 bridgehead atoms. The Labute approximate surface area is 187 Å². The highest BCUT2D eigenvalue weighted by Crippen LogP contribution is 2.56. The number of fused-ring (bicyclic) bond motifs is 5. The number of hydrogen-bond acceptors (Lipinski definition) is 8. The number of amides is 2. The summed E-state index contributed by atoms with van der Waals surface area (Å²) in [5.74, 6) is -7.27. The zero-order chi connectivity index (χ0) is 23.5. The van der Waals surface area contributed by atoms with E-state index >= 15 is 0 Å². The summed E-state index contributed by atoms with van der Waals surface area (Å²) in [5.41, 5.74) is -1.32. The molecule has 1 saturated heterocycles. The molecule has 0 aromatic carbocycles. The fourth-order valence-electron chi connectivity index (χ4n) is 7.25. The molecular formula is C21H21F2NO8S. The molecule has 0 spiro atoms. The summed E-state index contributed by atoms with van der Waals surface area (Å²) in [5, 5.41) is -5.28. The van der Waals surface area contributed by atoms with Crippen LogP contribution in [-0.2, 0) is 38.3 Å². The topological polar surface area (TPSA) is 124 Å². The standard InChI is InChI=1S/C21H21F2NO8S/c22-21(23,19(28)31-20-6-9-3-12(7-20)16(25)13(4-9)8-20)33(29,30)32-24-17(26)14-10-1-2-11(5-10)15(14)18(24)27/h1-2,9-15H,3-8H2. The lowest BCUT2D eigenvalue weighted by Crippen LogP contribution is -2.58. The highest BCUT2D eigenvalue weighted by atomic mass is 32.2. The molecule has 9 nitrogen and oxygen atoms in total. The molecule has 0 radical (unpaired) electrons. The van der Waals surface area contributed by atoms with Crippen LogP contribution in [-0.4, -0.2) is 47.9 Å². The summed E-state index contributed by atoms with van der Waals surface area (Å²) in [7, 11) is -6.06. The Morgan fingerprint density at radius 2 is 1.52 bits per heavy atom. The van der Waals surface area contributed by atoms with Crippen molar-refractivity contribution in [1.82, 2.24) is 5.06 Å². The summed E-state index contributed by atoms with van der Waals surface area (Å²) < 4.78 is 63.8. The van der Waals surface area contributed by atoms with Gasteiger partial charge < -0.3 is 4.74 Å². The second kappa shape index (κ2) is 6.47. The second-order valence-electron chi connectivity index (χ2n) is 10.3. The van der Waals surface area contributed by atoms with Crippen molar-refractivity contribution in [3.8, 4) is 0 Å². The van der Waals surface area contributed by atoms with Crippen LogP contribution in [0.1, 0.15) is 38.5 Å². The molecule has 2 amide bonds. The van der Waals surface area contributed by atoms with Gasteiger partial charge in [-0.3, -0.25) is 14.4 Å². The number of allylic oxidation sites excluding steroid dienone is 2. The quantitative estimate of drug-likeness (QED) is 0.325. The molecule has 0 N–H and O–H groups in total. The number of carbonyl (C=O) groups is 4. The lowest BCUT2D eigenvalue weighted by atomic mass is 9.53. The first-order valence-electron chi connectivity index (χ1n) is 11.1. The summed E-state index contributed by atoms with van der Waals surface area (Å²) in [4.78, 5) is 49.8. The molecule has 1 aliphatic heterocycles. The van der Waals surface area contributed by atoms with Gasteiger partial charge >= 0.3 is 21.3 Å². The Kier molecular flexibility index (Phi) is 4.18. The van der Waals surface area contributed by atoms with Crippen LogP contribution >= 0.6 is 0 Å². The molecule has 0 aromatic rings. The lowest BCUT2D eigenvalue weighted by Gasteiger charge is -2.54. The number of rotatable bonds is 5. The fraction of sp³-hybridized carbons (Fsp3) is 0.714. The Morgan fingerprint density at radius 3 is 2.06 bits per heavy atom. The van der Waals surface area contributed by atoms with Crippen molar-refractivity contribution >= 4 is 33.7 Å². The molecule has 0 aromatic heterocycles. The summed E-state index contributed by atoms with van der Waals surface area (Å²) in [6, 6.07) is 0. The van der Waals surface area contributed by atoms with Crippen molar-refractivity contribution in [3.63, 3.8) is 0 Å². The first-order chi connectivity index (χ1) is 15.4. The van der Waals surface area contributed by atoms with Crippen LogP contribution in [0.25, 0.3) is 0 Å². The second-order valence-corrected chi connectivity index (χ2v) is 11.9. The maximum atomic E-state index is 14.8. The predicted molar refractivity (Wildman–Crippen MR) is 102 cm³/mol. The van der Waals surface area contributed by atoms with E-state index in [0.29, 0.717) is 19.3 Å². The van der Waals surface area contributed by atoms with Crippen LogP contribution in [0.4, 0.5) is 8.78 Å². The Hall–Kier alpha value is -2.21. The van der Waals surface area contributed by atoms with Gasteiger partial charge in [-0.1, -0.05) is 12.2 Å².